The summed E-state index contributed by atoms with van der Waals surface area (Å²) in [6.07, 6.45) is 0. The molecule has 0 unspecified atom stereocenters. The molecule has 2 aromatic heterocycles. The Morgan fingerprint density at radius 2 is 1.14 bits per heavy atom. The summed E-state index contributed by atoms with van der Waals surface area (Å²) >= 11 is 0. The largest absolute Gasteiger partial charge is 0.488 e. The molecule has 0 fully saturated rings. The van der Waals surface area contributed by atoms with Gasteiger partial charge in [-0.2, -0.15) is 0 Å². The summed E-state index contributed by atoms with van der Waals surface area (Å²) in [5.74, 6) is 0. The summed E-state index contributed by atoms with van der Waals surface area (Å²) in [4.78, 5) is 0. The van der Waals surface area contributed by atoms with Crippen molar-refractivity contribution < 1.29 is 18.9 Å². The molecule has 138 valence electrons. The van der Waals surface area contributed by atoms with Crippen LogP contribution in [0.3, 0.4) is 0 Å². The number of benzene rings is 4. The van der Waals surface area contributed by atoms with Crippen LogP contribution in [0.5, 0.6) is 0 Å². The molecule has 5 heteroatoms. The lowest BCUT2D eigenvalue weighted by Crippen LogP contribution is -2.29. The first-order valence-corrected chi connectivity index (χ1v) is 9.41. The van der Waals surface area contributed by atoms with Gasteiger partial charge in [-0.25, -0.2) is 0 Å². The van der Waals surface area contributed by atoms with Crippen LogP contribution < -0.4 is 5.46 Å². The summed E-state index contributed by atoms with van der Waals surface area (Å²) in [7, 11) is -1.52. The highest BCUT2D eigenvalue weighted by Gasteiger charge is 2.17. The van der Waals surface area contributed by atoms with E-state index in [1.807, 2.05) is 30.3 Å². The van der Waals surface area contributed by atoms with Crippen molar-refractivity contribution >= 4 is 56.5 Å². The molecule has 0 aliphatic rings. The molecular weight excluding hydrogens is 363 g/mol. The number of rotatable bonds is 2. The fraction of sp³-hybridized carbons (Fsp3) is 0. The Morgan fingerprint density at radius 1 is 0.517 bits per heavy atom. The highest BCUT2D eigenvalue weighted by Crippen LogP contribution is 2.37. The van der Waals surface area contributed by atoms with E-state index < -0.39 is 7.12 Å². The maximum Gasteiger partial charge on any atom is 0.488 e. The molecule has 0 aliphatic carbocycles. The van der Waals surface area contributed by atoms with E-state index in [1.54, 1.807) is 18.2 Å². The molecule has 0 saturated carbocycles. The Kier molecular flexibility index (Phi) is 3.39. The number of hydrogen-bond acceptors (Lipinski definition) is 4. The van der Waals surface area contributed by atoms with Crippen molar-refractivity contribution in [3.05, 3.63) is 78.9 Å². The zero-order chi connectivity index (χ0) is 19.5. The minimum Gasteiger partial charge on any atom is -0.456 e. The second-order valence-electron chi connectivity index (χ2n) is 7.25. The van der Waals surface area contributed by atoms with E-state index in [4.69, 9.17) is 8.83 Å². The zero-order valence-electron chi connectivity index (χ0n) is 15.3. The van der Waals surface area contributed by atoms with Gasteiger partial charge in [0.1, 0.15) is 22.3 Å². The molecule has 0 aliphatic heterocycles. The van der Waals surface area contributed by atoms with Gasteiger partial charge < -0.3 is 18.9 Å². The van der Waals surface area contributed by atoms with Gasteiger partial charge in [0.15, 0.2) is 0 Å². The highest BCUT2D eigenvalue weighted by molar-refractivity contribution is 6.59. The fourth-order valence-electron chi connectivity index (χ4n) is 4.04. The average molecular weight is 378 g/mol. The Bertz CT molecular complexity index is 1530. The van der Waals surface area contributed by atoms with Crippen molar-refractivity contribution in [3.63, 3.8) is 0 Å². The molecule has 0 radical (unpaired) electrons. The van der Waals surface area contributed by atoms with Gasteiger partial charge in [-0.1, -0.05) is 48.5 Å². The van der Waals surface area contributed by atoms with E-state index in [1.165, 1.54) is 0 Å². The van der Waals surface area contributed by atoms with Gasteiger partial charge in [0.2, 0.25) is 0 Å². The SMILES string of the molecule is OB(O)c1ccc2oc3cc4oc5ccc(-c6ccccc6)cc5c4cc3c2c1. The van der Waals surface area contributed by atoms with Crippen LogP contribution >= 0.6 is 0 Å². The standard InChI is InChI=1S/C24H15BO4/c26-25(27)16-7-9-22-18(11-16)20-12-19-17-10-15(14-4-2-1-3-5-14)6-8-21(17)28-23(19)13-24(20)29-22/h1-13,26-27H. The van der Waals surface area contributed by atoms with E-state index in [0.29, 0.717) is 16.6 Å². The number of fused-ring (bicyclic) bond motifs is 6. The fourth-order valence-corrected chi connectivity index (χ4v) is 4.04. The lowest BCUT2D eigenvalue weighted by atomic mass is 9.80. The zero-order valence-corrected chi connectivity index (χ0v) is 15.3. The molecule has 2 heterocycles. The van der Waals surface area contributed by atoms with Crippen molar-refractivity contribution in [2.45, 2.75) is 0 Å². The van der Waals surface area contributed by atoms with E-state index in [0.717, 1.165) is 43.8 Å². The first-order chi connectivity index (χ1) is 14.2. The molecule has 0 bridgehead atoms. The van der Waals surface area contributed by atoms with Gasteiger partial charge in [0.25, 0.3) is 0 Å². The third-order valence-electron chi connectivity index (χ3n) is 5.49. The van der Waals surface area contributed by atoms with E-state index >= 15 is 0 Å². The van der Waals surface area contributed by atoms with Crippen LogP contribution in [-0.2, 0) is 0 Å². The molecule has 29 heavy (non-hydrogen) atoms. The first kappa shape index (κ1) is 16.4. The predicted octanol–water partition coefficient (Wildman–Crippen LogP) is 4.83. The molecule has 0 spiro atoms. The Labute approximate surface area is 165 Å². The van der Waals surface area contributed by atoms with Gasteiger partial charge in [0, 0.05) is 27.6 Å². The summed E-state index contributed by atoms with van der Waals surface area (Å²) in [6.45, 7) is 0. The van der Waals surface area contributed by atoms with Crippen molar-refractivity contribution in [1.29, 1.82) is 0 Å². The van der Waals surface area contributed by atoms with Gasteiger partial charge in [0.05, 0.1) is 0 Å². The van der Waals surface area contributed by atoms with Gasteiger partial charge >= 0.3 is 7.12 Å². The lowest BCUT2D eigenvalue weighted by Gasteiger charge is -2.01. The van der Waals surface area contributed by atoms with Crippen molar-refractivity contribution in [1.82, 2.24) is 0 Å². The third kappa shape index (κ3) is 2.49. The van der Waals surface area contributed by atoms with E-state index in [9.17, 15) is 10.0 Å². The molecular formula is C24H15BO4. The molecule has 0 saturated heterocycles. The average Bonchev–Trinajstić information content (AvgIpc) is 3.28. The van der Waals surface area contributed by atoms with Crippen LogP contribution in [0.4, 0.5) is 0 Å². The van der Waals surface area contributed by atoms with Crippen LogP contribution in [0.15, 0.2) is 87.7 Å². The van der Waals surface area contributed by atoms with E-state index in [2.05, 4.69) is 30.3 Å². The second-order valence-corrected chi connectivity index (χ2v) is 7.25. The smallest absolute Gasteiger partial charge is 0.456 e. The van der Waals surface area contributed by atoms with E-state index in [-0.39, 0.29) is 0 Å². The normalized spacial score (nSPS) is 11.8. The molecule has 4 aromatic carbocycles. The predicted molar refractivity (Wildman–Crippen MR) is 116 cm³/mol. The number of furan rings is 2. The second kappa shape index (κ2) is 5.98. The van der Waals surface area contributed by atoms with Gasteiger partial charge in [-0.3, -0.25) is 0 Å². The van der Waals surface area contributed by atoms with Crippen LogP contribution in [0.1, 0.15) is 0 Å². The van der Waals surface area contributed by atoms with Gasteiger partial charge in [-0.05, 0) is 40.9 Å². The first-order valence-electron chi connectivity index (χ1n) is 9.41. The maximum absolute atomic E-state index is 9.52. The Hall–Kier alpha value is -3.54. The highest BCUT2D eigenvalue weighted by atomic mass is 16.4. The lowest BCUT2D eigenvalue weighted by molar-refractivity contribution is 0.426. The molecule has 4 nitrogen and oxygen atoms in total. The summed E-state index contributed by atoms with van der Waals surface area (Å²) in [5, 5.41) is 22.9. The van der Waals surface area contributed by atoms with Crippen LogP contribution in [0.25, 0.3) is 55.0 Å². The molecule has 0 amide bonds. The van der Waals surface area contributed by atoms with Crippen LogP contribution in [-0.4, -0.2) is 17.2 Å². The summed E-state index contributed by atoms with van der Waals surface area (Å²) in [6, 6.07) is 25.6. The maximum atomic E-state index is 9.52. The van der Waals surface area contributed by atoms with Crippen molar-refractivity contribution in [2.75, 3.05) is 0 Å². The topological polar surface area (TPSA) is 66.7 Å². The number of hydrogen-bond donors (Lipinski definition) is 2. The van der Waals surface area contributed by atoms with Crippen LogP contribution in [0.2, 0.25) is 0 Å². The van der Waals surface area contributed by atoms with Crippen LogP contribution in [0, 0.1) is 0 Å². The molecule has 2 N–H and O–H groups in total. The monoisotopic (exact) mass is 378 g/mol. The Morgan fingerprint density at radius 3 is 1.83 bits per heavy atom. The van der Waals surface area contributed by atoms with Gasteiger partial charge in [-0.15, -0.1) is 0 Å². The molecule has 6 rings (SSSR count). The summed E-state index contributed by atoms with van der Waals surface area (Å²) in [5.41, 5.74) is 5.71. The van der Waals surface area contributed by atoms with Crippen molar-refractivity contribution in [2.24, 2.45) is 0 Å². The van der Waals surface area contributed by atoms with Crippen molar-refractivity contribution in [3.8, 4) is 11.1 Å². The molecule has 6 aromatic rings. The Balaban J connectivity index is 1.65. The minimum absolute atomic E-state index is 0.434. The minimum atomic E-state index is -1.52. The summed E-state index contributed by atoms with van der Waals surface area (Å²) < 4.78 is 12.0. The quantitative estimate of drug-likeness (QED) is 0.424. The molecule has 0 atom stereocenters. The third-order valence-corrected chi connectivity index (χ3v) is 5.49.